The molecule has 1 rings (SSSR count). The molecule has 7 heteroatoms. The summed E-state index contributed by atoms with van der Waals surface area (Å²) in [5.74, 6) is -0.757. The van der Waals surface area contributed by atoms with Gasteiger partial charge in [-0.2, -0.15) is 0 Å². The molecule has 94 valence electrons. The molecule has 6 nitrogen and oxygen atoms in total. The van der Waals surface area contributed by atoms with Gasteiger partial charge in [-0.25, -0.2) is 4.79 Å². The van der Waals surface area contributed by atoms with Crippen LogP contribution >= 0.6 is 12.4 Å². The first-order valence-electron chi connectivity index (χ1n) is 4.85. The van der Waals surface area contributed by atoms with Crippen molar-refractivity contribution in [1.82, 2.24) is 10.6 Å². The third kappa shape index (κ3) is 4.34. The molecule has 1 saturated heterocycles. The number of methoxy groups -OCH3 is 1. The van der Waals surface area contributed by atoms with Crippen molar-refractivity contribution in [3.63, 3.8) is 0 Å². The summed E-state index contributed by atoms with van der Waals surface area (Å²) in [5.41, 5.74) is 0. The number of amides is 1. The van der Waals surface area contributed by atoms with Gasteiger partial charge in [-0.05, 0) is 6.92 Å². The van der Waals surface area contributed by atoms with Crippen LogP contribution in [0.25, 0.3) is 0 Å². The summed E-state index contributed by atoms with van der Waals surface area (Å²) >= 11 is 0. The average molecular weight is 253 g/mol. The number of nitrogens with one attached hydrogen (secondary N) is 2. The lowest BCUT2D eigenvalue weighted by Gasteiger charge is -2.23. The van der Waals surface area contributed by atoms with Gasteiger partial charge in [0.25, 0.3) is 5.91 Å². The number of hydrogen-bond donors (Lipinski definition) is 2. The summed E-state index contributed by atoms with van der Waals surface area (Å²) in [6, 6.07) is -0.645. The molecule has 0 saturated carbocycles. The lowest BCUT2D eigenvalue weighted by Crippen LogP contribution is -2.51. The molecule has 2 N–H and O–H groups in total. The second-order valence-corrected chi connectivity index (χ2v) is 3.32. The molecule has 0 aliphatic carbocycles. The van der Waals surface area contributed by atoms with E-state index in [0.29, 0.717) is 13.2 Å². The van der Waals surface area contributed by atoms with Gasteiger partial charge in [0.05, 0.1) is 13.7 Å². The number of carbonyl (C=O) groups is 2. The summed E-state index contributed by atoms with van der Waals surface area (Å²) in [6.07, 6.45) is -0.522. The first kappa shape index (κ1) is 15.2. The number of esters is 1. The van der Waals surface area contributed by atoms with E-state index in [-0.39, 0.29) is 18.3 Å². The van der Waals surface area contributed by atoms with E-state index in [1.54, 1.807) is 6.92 Å². The Morgan fingerprint density at radius 2 is 2.25 bits per heavy atom. The monoisotopic (exact) mass is 252 g/mol. The van der Waals surface area contributed by atoms with Crippen LogP contribution in [-0.4, -0.2) is 50.8 Å². The molecule has 0 radical (unpaired) electrons. The maximum atomic E-state index is 11.5. The number of carbonyl (C=O) groups excluding carboxylic acids is 2. The highest BCUT2D eigenvalue weighted by atomic mass is 35.5. The highest BCUT2D eigenvalue weighted by molar-refractivity contribution is 5.86. The quantitative estimate of drug-likeness (QED) is 0.635. The van der Waals surface area contributed by atoms with Crippen molar-refractivity contribution in [3.05, 3.63) is 0 Å². The van der Waals surface area contributed by atoms with E-state index in [1.807, 2.05) is 0 Å². The van der Waals surface area contributed by atoms with Gasteiger partial charge in [0.1, 0.15) is 12.1 Å². The third-order valence-corrected chi connectivity index (χ3v) is 2.13. The number of rotatable bonds is 3. The van der Waals surface area contributed by atoms with Crippen molar-refractivity contribution in [2.45, 2.75) is 19.1 Å². The lowest BCUT2D eigenvalue weighted by molar-refractivity contribution is -0.146. The first-order chi connectivity index (χ1) is 7.15. The van der Waals surface area contributed by atoms with Crippen LogP contribution in [0.4, 0.5) is 0 Å². The van der Waals surface area contributed by atoms with Gasteiger partial charge in [0.15, 0.2) is 0 Å². The molecule has 1 aliphatic rings. The largest absolute Gasteiger partial charge is 0.467 e. The van der Waals surface area contributed by atoms with Crippen LogP contribution in [0.3, 0.4) is 0 Å². The predicted molar refractivity (Wildman–Crippen MR) is 59.5 cm³/mol. The van der Waals surface area contributed by atoms with Crippen molar-refractivity contribution in [2.24, 2.45) is 0 Å². The fourth-order valence-electron chi connectivity index (χ4n) is 1.28. The summed E-state index contributed by atoms with van der Waals surface area (Å²) in [7, 11) is 1.28. The van der Waals surface area contributed by atoms with Crippen molar-refractivity contribution in [2.75, 3.05) is 26.8 Å². The Hall–Kier alpha value is -0.850. The molecule has 0 aromatic heterocycles. The first-order valence-corrected chi connectivity index (χ1v) is 4.85. The van der Waals surface area contributed by atoms with E-state index in [9.17, 15) is 9.59 Å². The zero-order chi connectivity index (χ0) is 11.3. The van der Waals surface area contributed by atoms with E-state index in [4.69, 9.17) is 4.74 Å². The van der Waals surface area contributed by atoms with Gasteiger partial charge in [-0.1, -0.05) is 0 Å². The van der Waals surface area contributed by atoms with Crippen LogP contribution in [0.15, 0.2) is 0 Å². The number of hydrogen-bond acceptors (Lipinski definition) is 5. The molecule has 0 aromatic rings. The van der Waals surface area contributed by atoms with Gasteiger partial charge in [-0.3, -0.25) is 4.79 Å². The van der Waals surface area contributed by atoms with Gasteiger partial charge < -0.3 is 20.1 Å². The summed E-state index contributed by atoms with van der Waals surface area (Å²) in [6.45, 7) is 3.29. The summed E-state index contributed by atoms with van der Waals surface area (Å²) < 4.78 is 9.72. The topological polar surface area (TPSA) is 76.7 Å². The summed E-state index contributed by atoms with van der Waals surface area (Å²) in [4.78, 5) is 22.6. The molecule has 0 unspecified atom stereocenters. The molecule has 1 fully saturated rings. The van der Waals surface area contributed by atoms with Crippen LogP contribution in [0.5, 0.6) is 0 Å². The smallest absolute Gasteiger partial charge is 0.328 e. The highest BCUT2D eigenvalue weighted by Gasteiger charge is 2.25. The fraction of sp³-hybridized carbons (Fsp3) is 0.778. The standard InChI is InChI=1S/C9H16N2O4.ClH/c1-6(9(13)14-2)11-8(12)7-5-10-3-4-15-7;/h6-7,10H,3-5H2,1-2H3,(H,11,12);1H/t6-,7-;/m1./s1. The minimum atomic E-state index is -0.645. The molecule has 1 aliphatic heterocycles. The predicted octanol–water partition coefficient (Wildman–Crippen LogP) is -0.926. The van der Waals surface area contributed by atoms with E-state index in [2.05, 4.69) is 15.4 Å². The number of ether oxygens (including phenoxy) is 2. The van der Waals surface area contributed by atoms with Crippen LogP contribution in [0.1, 0.15) is 6.92 Å². The van der Waals surface area contributed by atoms with Gasteiger partial charge in [0, 0.05) is 13.1 Å². The minimum absolute atomic E-state index is 0. The second kappa shape index (κ2) is 7.43. The van der Waals surface area contributed by atoms with Crippen LogP contribution in [0.2, 0.25) is 0 Å². The Bertz CT molecular complexity index is 244. The summed E-state index contributed by atoms with van der Waals surface area (Å²) in [5, 5.41) is 5.55. The average Bonchev–Trinajstić information content (AvgIpc) is 2.29. The van der Waals surface area contributed by atoms with Gasteiger partial charge >= 0.3 is 5.97 Å². The number of morpholine rings is 1. The zero-order valence-corrected chi connectivity index (χ0v) is 10.1. The lowest BCUT2D eigenvalue weighted by atomic mass is 10.2. The Labute approximate surface area is 100 Å². The highest BCUT2D eigenvalue weighted by Crippen LogP contribution is 1.97. The third-order valence-electron chi connectivity index (χ3n) is 2.13. The maximum absolute atomic E-state index is 11.5. The van der Waals surface area contributed by atoms with E-state index >= 15 is 0 Å². The maximum Gasteiger partial charge on any atom is 0.328 e. The Kier molecular flexibility index (Phi) is 7.03. The Morgan fingerprint density at radius 1 is 1.56 bits per heavy atom. The Balaban J connectivity index is 0.00000225. The normalized spacial score (nSPS) is 21.5. The zero-order valence-electron chi connectivity index (χ0n) is 9.32. The molecule has 1 heterocycles. The van der Waals surface area contributed by atoms with Crippen LogP contribution < -0.4 is 10.6 Å². The van der Waals surface area contributed by atoms with E-state index < -0.39 is 18.1 Å². The molecular weight excluding hydrogens is 236 g/mol. The van der Waals surface area contributed by atoms with Crippen LogP contribution in [0, 0.1) is 0 Å². The molecule has 16 heavy (non-hydrogen) atoms. The SMILES string of the molecule is COC(=O)[C@@H](C)NC(=O)[C@H]1CNCCO1.Cl. The molecule has 0 bridgehead atoms. The van der Waals surface area contributed by atoms with E-state index in [0.717, 1.165) is 6.54 Å². The molecular formula is C9H17ClN2O4. The molecule has 1 amide bonds. The minimum Gasteiger partial charge on any atom is -0.467 e. The van der Waals surface area contributed by atoms with Crippen LogP contribution in [-0.2, 0) is 19.1 Å². The number of halogens is 1. The van der Waals surface area contributed by atoms with Crippen molar-refractivity contribution >= 4 is 24.3 Å². The van der Waals surface area contributed by atoms with Crippen molar-refractivity contribution < 1.29 is 19.1 Å². The van der Waals surface area contributed by atoms with Gasteiger partial charge in [-0.15, -0.1) is 12.4 Å². The van der Waals surface area contributed by atoms with Gasteiger partial charge in [0.2, 0.25) is 0 Å². The molecule has 0 aromatic carbocycles. The van der Waals surface area contributed by atoms with Crippen molar-refractivity contribution in [1.29, 1.82) is 0 Å². The fourth-order valence-corrected chi connectivity index (χ4v) is 1.28. The van der Waals surface area contributed by atoms with Crippen molar-refractivity contribution in [3.8, 4) is 0 Å². The van der Waals surface area contributed by atoms with E-state index in [1.165, 1.54) is 7.11 Å². The molecule has 2 atom stereocenters. The Morgan fingerprint density at radius 3 is 2.75 bits per heavy atom. The molecule has 0 spiro atoms. The second-order valence-electron chi connectivity index (χ2n) is 3.32.